The first-order valence-corrected chi connectivity index (χ1v) is 11.2. The fraction of sp³-hybridized carbons (Fsp3) is 0.346. The van der Waals surface area contributed by atoms with Crippen LogP contribution in [-0.4, -0.2) is 47.9 Å². The third-order valence-electron chi connectivity index (χ3n) is 6.42. The number of methoxy groups -OCH3 is 1. The quantitative estimate of drug-likeness (QED) is 0.615. The zero-order valence-electron chi connectivity index (χ0n) is 19.3. The minimum absolute atomic E-state index is 0.000861. The number of aromatic hydroxyl groups is 1. The lowest BCUT2D eigenvalue weighted by atomic mass is 9.95. The second kappa shape index (κ2) is 9.67. The van der Waals surface area contributed by atoms with Gasteiger partial charge >= 0.3 is 0 Å². The van der Waals surface area contributed by atoms with E-state index in [1.54, 1.807) is 29.9 Å². The summed E-state index contributed by atoms with van der Waals surface area (Å²) in [7, 11) is 1.61. The average molecular weight is 452 g/mol. The predicted molar refractivity (Wildman–Crippen MR) is 128 cm³/mol. The summed E-state index contributed by atoms with van der Waals surface area (Å²) >= 11 is 0. The molecule has 174 valence electrons. The van der Waals surface area contributed by atoms with Gasteiger partial charge in [0, 0.05) is 49.7 Å². The topological polar surface area (TPSA) is 57.9 Å². The number of hydrogen-bond acceptors (Lipinski definition) is 5. The second-order valence-electron chi connectivity index (χ2n) is 8.28. The Hall–Kier alpha value is -3.32. The van der Waals surface area contributed by atoms with Gasteiger partial charge in [-0.1, -0.05) is 18.2 Å². The Kier molecular flexibility index (Phi) is 6.70. The number of ether oxygens (including phenoxy) is 1. The lowest BCUT2D eigenvalue weighted by Gasteiger charge is -2.40. The van der Waals surface area contributed by atoms with Crippen LogP contribution in [0.4, 0.5) is 10.1 Å². The molecule has 7 heteroatoms. The van der Waals surface area contributed by atoms with E-state index >= 15 is 0 Å². The van der Waals surface area contributed by atoms with Gasteiger partial charge in [0.05, 0.1) is 18.7 Å². The summed E-state index contributed by atoms with van der Waals surface area (Å²) in [6.45, 7) is 7.04. The number of anilines is 1. The zero-order valence-corrected chi connectivity index (χ0v) is 19.3. The van der Waals surface area contributed by atoms with Crippen LogP contribution in [0.25, 0.3) is 0 Å². The predicted octanol–water partition coefficient (Wildman–Crippen LogP) is 3.94. The highest BCUT2D eigenvalue weighted by Gasteiger charge is 2.33. The van der Waals surface area contributed by atoms with Crippen molar-refractivity contribution >= 4 is 5.69 Å². The molecule has 1 saturated heterocycles. The van der Waals surface area contributed by atoms with Crippen molar-refractivity contribution < 1.29 is 14.2 Å². The number of halogens is 1. The van der Waals surface area contributed by atoms with Gasteiger partial charge in [-0.3, -0.25) is 9.69 Å². The van der Waals surface area contributed by atoms with Gasteiger partial charge in [-0.15, -0.1) is 0 Å². The number of rotatable bonds is 6. The maximum atomic E-state index is 13.5. The van der Waals surface area contributed by atoms with Crippen molar-refractivity contribution in [1.82, 2.24) is 9.47 Å². The van der Waals surface area contributed by atoms with Gasteiger partial charge in [-0.25, -0.2) is 4.39 Å². The maximum Gasteiger partial charge on any atom is 0.259 e. The van der Waals surface area contributed by atoms with Crippen molar-refractivity contribution in [3.8, 4) is 11.5 Å². The summed E-state index contributed by atoms with van der Waals surface area (Å²) < 4.78 is 20.7. The van der Waals surface area contributed by atoms with Gasteiger partial charge < -0.3 is 19.3 Å². The van der Waals surface area contributed by atoms with Crippen molar-refractivity contribution in [3.05, 3.63) is 87.6 Å². The van der Waals surface area contributed by atoms with E-state index in [9.17, 15) is 14.3 Å². The number of hydrogen-bond donors (Lipinski definition) is 1. The maximum absolute atomic E-state index is 13.5. The molecular formula is C26H30FN3O3. The zero-order chi connectivity index (χ0) is 23.5. The van der Waals surface area contributed by atoms with E-state index in [0.717, 1.165) is 16.9 Å². The largest absolute Gasteiger partial charge is 0.507 e. The Bertz CT molecular complexity index is 1170. The third-order valence-corrected chi connectivity index (χ3v) is 6.42. The molecule has 1 atom stereocenters. The minimum Gasteiger partial charge on any atom is -0.507 e. The normalized spacial score (nSPS) is 15.5. The second-order valence-corrected chi connectivity index (χ2v) is 8.28. The van der Waals surface area contributed by atoms with Gasteiger partial charge in [-0.2, -0.15) is 0 Å². The molecule has 4 rings (SSSR count). The Morgan fingerprint density at radius 2 is 1.73 bits per heavy atom. The van der Waals surface area contributed by atoms with Crippen LogP contribution in [0.15, 0.2) is 59.4 Å². The molecule has 1 aromatic heterocycles. The minimum atomic E-state index is -0.456. The van der Waals surface area contributed by atoms with Crippen molar-refractivity contribution in [2.24, 2.45) is 0 Å². The molecule has 0 radical (unpaired) electrons. The van der Waals surface area contributed by atoms with Crippen LogP contribution in [0.5, 0.6) is 11.5 Å². The molecule has 0 bridgehead atoms. The molecule has 33 heavy (non-hydrogen) atoms. The van der Waals surface area contributed by atoms with E-state index in [2.05, 4.69) is 9.80 Å². The van der Waals surface area contributed by atoms with Gasteiger partial charge in [0.2, 0.25) is 0 Å². The molecule has 1 N–H and O–H groups in total. The fourth-order valence-electron chi connectivity index (χ4n) is 4.74. The number of benzene rings is 2. The average Bonchev–Trinajstić information content (AvgIpc) is 2.82. The number of para-hydroxylation sites is 1. The number of pyridine rings is 1. The number of aryl methyl sites for hydroxylation is 1. The molecule has 1 aliphatic heterocycles. The third kappa shape index (κ3) is 4.46. The number of nitrogens with zero attached hydrogens (tertiary/aromatic N) is 3. The van der Waals surface area contributed by atoms with Crippen LogP contribution in [0.2, 0.25) is 0 Å². The van der Waals surface area contributed by atoms with Crippen LogP contribution in [0, 0.1) is 12.7 Å². The fourth-order valence-corrected chi connectivity index (χ4v) is 4.74. The molecule has 0 saturated carbocycles. The summed E-state index contributed by atoms with van der Waals surface area (Å²) in [5, 5.41) is 10.9. The van der Waals surface area contributed by atoms with Crippen LogP contribution < -0.4 is 15.2 Å². The van der Waals surface area contributed by atoms with Gasteiger partial charge in [0.1, 0.15) is 17.3 Å². The van der Waals surface area contributed by atoms with Crippen LogP contribution in [0.1, 0.15) is 29.8 Å². The highest BCUT2D eigenvalue weighted by Crippen LogP contribution is 2.38. The van der Waals surface area contributed by atoms with E-state index in [-0.39, 0.29) is 17.1 Å². The van der Waals surface area contributed by atoms with Gasteiger partial charge in [0.25, 0.3) is 5.56 Å². The smallest absolute Gasteiger partial charge is 0.259 e. The molecule has 0 amide bonds. The van der Waals surface area contributed by atoms with E-state index < -0.39 is 6.04 Å². The van der Waals surface area contributed by atoms with Crippen molar-refractivity contribution in [2.45, 2.75) is 26.4 Å². The highest BCUT2D eigenvalue weighted by molar-refractivity contribution is 5.48. The molecule has 1 fully saturated rings. The molecule has 0 aliphatic carbocycles. The lowest BCUT2D eigenvalue weighted by molar-refractivity contribution is 0.204. The summed E-state index contributed by atoms with van der Waals surface area (Å²) in [5.41, 5.74) is 2.71. The summed E-state index contributed by atoms with van der Waals surface area (Å²) in [6.07, 6.45) is 0. The summed E-state index contributed by atoms with van der Waals surface area (Å²) in [6, 6.07) is 15.4. The van der Waals surface area contributed by atoms with E-state index in [1.807, 2.05) is 38.1 Å². The molecule has 0 unspecified atom stereocenters. The van der Waals surface area contributed by atoms with Crippen LogP contribution >= 0.6 is 0 Å². The molecule has 6 nitrogen and oxygen atoms in total. The number of piperazine rings is 1. The SMILES string of the molecule is CCn1c(C)cc(O)c([C@@H](c2ccccc2OC)N2CCN(c3ccc(F)cc3)CC2)c1=O. The monoisotopic (exact) mass is 451 g/mol. The summed E-state index contributed by atoms with van der Waals surface area (Å²) in [4.78, 5) is 17.9. The highest BCUT2D eigenvalue weighted by atomic mass is 19.1. The standard InChI is InChI=1S/C26H30FN3O3/c1-4-30-18(2)17-22(31)24(26(30)32)25(21-7-5-6-8-23(21)33-3)29-15-13-28(14-16-29)20-11-9-19(27)10-12-20/h5-12,17,25,31H,4,13-16H2,1-3H3/t25-/m1/s1. The van der Waals surface area contributed by atoms with E-state index in [1.165, 1.54) is 12.1 Å². The molecule has 2 aromatic carbocycles. The Morgan fingerprint density at radius 3 is 2.36 bits per heavy atom. The Labute approximate surface area is 193 Å². The van der Waals surface area contributed by atoms with Gasteiger partial charge in [-0.05, 0) is 50.2 Å². The molecular weight excluding hydrogens is 421 g/mol. The van der Waals surface area contributed by atoms with Crippen LogP contribution in [-0.2, 0) is 6.54 Å². The van der Waals surface area contributed by atoms with Crippen molar-refractivity contribution in [2.75, 3.05) is 38.2 Å². The van der Waals surface area contributed by atoms with Gasteiger partial charge in [0.15, 0.2) is 0 Å². The first-order valence-electron chi connectivity index (χ1n) is 11.2. The van der Waals surface area contributed by atoms with Crippen molar-refractivity contribution in [3.63, 3.8) is 0 Å². The number of aromatic nitrogens is 1. The molecule has 0 spiro atoms. The van der Waals surface area contributed by atoms with Crippen molar-refractivity contribution in [1.29, 1.82) is 0 Å². The first kappa shape index (κ1) is 22.9. The molecule has 3 aromatic rings. The first-order chi connectivity index (χ1) is 15.9. The molecule has 1 aliphatic rings. The van der Waals surface area contributed by atoms with E-state index in [0.29, 0.717) is 44.0 Å². The van der Waals surface area contributed by atoms with E-state index in [4.69, 9.17) is 4.74 Å². The lowest BCUT2D eigenvalue weighted by Crippen LogP contribution is -2.49. The molecule has 2 heterocycles. The summed E-state index contributed by atoms with van der Waals surface area (Å²) in [5.74, 6) is 0.417. The Morgan fingerprint density at radius 1 is 1.06 bits per heavy atom. The van der Waals surface area contributed by atoms with Crippen LogP contribution in [0.3, 0.4) is 0 Å². The Balaban J connectivity index is 1.74.